The third kappa shape index (κ3) is 2.11. The van der Waals surface area contributed by atoms with Gasteiger partial charge >= 0.3 is 0 Å². The third-order valence-electron chi connectivity index (χ3n) is 4.16. The van der Waals surface area contributed by atoms with Crippen LogP contribution in [0.5, 0.6) is 5.75 Å². The Labute approximate surface area is 111 Å². The molecule has 1 aromatic carbocycles. The van der Waals surface area contributed by atoms with Gasteiger partial charge in [0.25, 0.3) is 0 Å². The van der Waals surface area contributed by atoms with E-state index in [0.29, 0.717) is 0 Å². The van der Waals surface area contributed by atoms with Crippen molar-refractivity contribution in [3.05, 3.63) is 28.7 Å². The molecule has 0 radical (unpaired) electrons. The van der Waals surface area contributed by atoms with Crippen LogP contribution in [0.3, 0.4) is 0 Å². The fourth-order valence-electron chi connectivity index (χ4n) is 2.76. The minimum Gasteiger partial charge on any atom is -0.488 e. The zero-order chi connectivity index (χ0) is 12.5. The van der Waals surface area contributed by atoms with E-state index in [9.17, 15) is 5.11 Å². The van der Waals surface area contributed by atoms with E-state index in [4.69, 9.17) is 4.74 Å². The van der Waals surface area contributed by atoms with Crippen molar-refractivity contribution in [1.29, 1.82) is 0 Å². The van der Waals surface area contributed by atoms with Gasteiger partial charge in [-0.3, -0.25) is 0 Å². The average Bonchev–Trinajstić information content (AvgIpc) is 2.33. The van der Waals surface area contributed by atoms with Gasteiger partial charge in [-0.25, -0.2) is 0 Å². The van der Waals surface area contributed by atoms with Crippen LogP contribution < -0.4 is 4.74 Å². The molecule has 1 aliphatic carbocycles. The normalized spacial score (nSPS) is 26.4. The van der Waals surface area contributed by atoms with Crippen LogP contribution in [0.2, 0.25) is 0 Å². The number of rotatable bonds is 4. The molecule has 0 spiro atoms. The third-order valence-corrected chi connectivity index (χ3v) is 4.82. The van der Waals surface area contributed by atoms with Crippen LogP contribution in [0, 0.1) is 5.41 Å². The van der Waals surface area contributed by atoms with Gasteiger partial charge in [-0.05, 0) is 40.9 Å². The van der Waals surface area contributed by atoms with E-state index < -0.39 is 0 Å². The van der Waals surface area contributed by atoms with E-state index in [1.807, 2.05) is 24.3 Å². The zero-order valence-corrected chi connectivity index (χ0v) is 11.9. The lowest BCUT2D eigenvalue weighted by Gasteiger charge is -2.52. The first-order valence-electron chi connectivity index (χ1n) is 6.23. The van der Waals surface area contributed by atoms with Crippen molar-refractivity contribution in [2.24, 2.45) is 5.41 Å². The van der Waals surface area contributed by atoms with Crippen molar-refractivity contribution >= 4 is 15.9 Å². The fraction of sp³-hybridized carbons (Fsp3) is 0.571. The molecule has 1 saturated carbocycles. The van der Waals surface area contributed by atoms with E-state index in [0.717, 1.165) is 29.5 Å². The van der Waals surface area contributed by atoms with E-state index in [1.54, 1.807) is 0 Å². The molecule has 0 bridgehead atoms. The highest BCUT2D eigenvalue weighted by Gasteiger charge is 2.53. The molecule has 0 saturated heterocycles. The fourth-order valence-corrected chi connectivity index (χ4v) is 3.14. The lowest BCUT2D eigenvalue weighted by atomic mass is 9.60. The topological polar surface area (TPSA) is 29.5 Å². The largest absolute Gasteiger partial charge is 0.488 e. The van der Waals surface area contributed by atoms with E-state index in [2.05, 4.69) is 29.8 Å². The Balaban J connectivity index is 2.13. The predicted molar refractivity (Wildman–Crippen MR) is 72.2 cm³/mol. The number of halogens is 1. The van der Waals surface area contributed by atoms with Gasteiger partial charge in [-0.1, -0.05) is 26.0 Å². The summed E-state index contributed by atoms with van der Waals surface area (Å²) < 4.78 is 7.02. The summed E-state index contributed by atoms with van der Waals surface area (Å²) in [4.78, 5) is 0. The molecule has 2 unspecified atom stereocenters. The van der Waals surface area contributed by atoms with Gasteiger partial charge in [-0.2, -0.15) is 0 Å². The van der Waals surface area contributed by atoms with Crippen LogP contribution in [0.25, 0.3) is 0 Å². The predicted octanol–water partition coefficient (Wildman–Crippen LogP) is 3.77. The van der Waals surface area contributed by atoms with Gasteiger partial charge in [-0.15, -0.1) is 0 Å². The van der Waals surface area contributed by atoms with Gasteiger partial charge in [0, 0.05) is 11.8 Å². The molecule has 17 heavy (non-hydrogen) atoms. The standard InChI is InChI=1S/C14H19BrO2/c1-3-14(4-2)12(16)9-13(14)17-11-8-6-5-7-10(11)15/h5-8,12-13,16H,3-4,9H2,1-2H3. The molecular weight excluding hydrogens is 280 g/mol. The summed E-state index contributed by atoms with van der Waals surface area (Å²) in [6.07, 6.45) is 2.57. The van der Waals surface area contributed by atoms with Gasteiger partial charge in [0.05, 0.1) is 10.6 Å². The first kappa shape index (κ1) is 12.9. The van der Waals surface area contributed by atoms with Crippen LogP contribution in [-0.2, 0) is 0 Å². The van der Waals surface area contributed by atoms with Gasteiger partial charge in [0.1, 0.15) is 11.9 Å². The molecule has 0 amide bonds. The SMILES string of the molecule is CCC1(CC)C(O)CC1Oc1ccccc1Br. The van der Waals surface area contributed by atoms with Crippen molar-refractivity contribution < 1.29 is 9.84 Å². The Morgan fingerprint density at radius 2 is 2.00 bits per heavy atom. The zero-order valence-electron chi connectivity index (χ0n) is 10.3. The van der Waals surface area contributed by atoms with Crippen molar-refractivity contribution in [2.75, 3.05) is 0 Å². The Morgan fingerprint density at radius 3 is 2.53 bits per heavy atom. The number of para-hydroxylation sites is 1. The number of hydrogen-bond donors (Lipinski definition) is 1. The molecule has 1 N–H and O–H groups in total. The number of benzene rings is 1. The summed E-state index contributed by atoms with van der Waals surface area (Å²) in [6, 6.07) is 7.88. The van der Waals surface area contributed by atoms with Crippen molar-refractivity contribution in [3.63, 3.8) is 0 Å². The first-order valence-corrected chi connectivity index (χ1v) is 7.02. The lowest BCUT2D eigenvalue weighted by Crippen LogP contribution is -2.59. The quantitative estimate of drug-likeness (QED) is 0.917. The molecule has 1 aromatic rings. The highest BCUT2D eigenvalue weighted by molar-refractivity contribution is 9.10. The molecule has 0 aromatic heterocycles. The highest BCUT2D eigenvalue weighted by atomic mass is 79.9. The molecule has 94 valence electrons. The molecule has 3 heteroatoms. The molecule has 0 aliphatic heterocycles. The number of aliphatic hydroxyl groups excluding tert-OH is 1. The maximum Gasteiger partial charge on any atom is 0.133 e. The monoisotopic (exact) mass is 298 g/mol. The van der Waals surface area contributed by atoms with Crippen LogP contribution in [-0.4, -0.2) is 17.3 Å². The maximum absolute atomic E-state index is 9.98. The lowest BCUT2D eigenvalue weighted by molar-refractivity contribution is -0.159. The summed E-state index contributed by atoms with van der Waals surface area (Å²) in [5.41, 5.74) is -0.0602. The van der Waals surface area contributed by atoms with Gasteiger partial charge in [0.15, 0.2) is 0 Å². The Bertz CT molecular complexity index is 388. The first-order chi connectivity index (χ1) is 8.14. The minimum absolute atomic E-state index is 0.0602. The molecule has 1 aliphatic rings. The summed E-state index contributed by atoms with van der Waals surface area (Å²) >= 11 is 3.49. The van der Waals surface area contributed by atoms with E-state index in [-0.39, 0.29) is 17.6 Å². The van der Waals surface area contributed by atoms with E-state index in [1.165, 1.54) is 0 Å². The molecule has 0 heterocycles. The maximum atomic E-state index is 9.98. The van der Waals surface area contributed by atoms with Crippen LogP contribution >= 0.6 is 15.9 Å². The minimum atomic E-state index is -0.218. The summed E-state index contributed by atoms with van der Waals surface area (Å²) in [5.74, 6) is 0.871. The Morgan fingerprint density at radius 1 is 1.35 bits per heavy atom. The number of aliphatic hydroxyl groups is 1. The summed E-state index contributed by atoms with van der Waals surface area (Å²) in [7, 11) is 0. The number of ether oxygens (including phenoxy) is 1. The summed E-state index contributed by atoms with van der Waals surface area (Å²) in [5, 5.41) is 9.98. The molecule has 2 nitrogen and oxygen atoms in total. The second kappa shape index (κ2) is 4.99. The second-order valence-corrected chi connectivity index (χ2v) is 5.58. The van der Waals surface area contributed by atoms with Crippen LogP contribution in [0.15, 0.2) is 28.7 Å². The summed E-state index contributed by atoms with van der Waals surface area (Å²) in [6.45, 7) is 4.25. The average molecular weight is 299 g/mol. The van der Waals surface area contributed by atoms with Crippen molar-refractivity contribution in [2.45, 2.75) is 45.3 Å². The molecule has 2 rings (SSSR count). The Hall–Kier alpha value is -0.540. The molecular formula is C14H19BrO2. The van der Waals surface area contributed by atoms with E-state index >= 15 is 0 Å². The smallest absolute Gasteiger partial charge is 0.133 e. The molecule has 2 atom stereocenters. The Kier molecular flexibility index (Phi) is 3.79. The van der Waals surface area contributed by atoms with Gasteiger partial charge in [0.2, 0.25) is 0 Å². The van der Waals surface area contributed by atoms with Gasteiger partial charge < -0.3 is 9.84 Å². The van der Waals surface area contributed by atoms with Crippen molar-refractivity contribution in [1.82, 2.24) is 0 Å². The number of hydrogen-bond acceptors (Lipinski definition) is 2. The second-order valence-electron chi connectivity index (χ2n) is 4.73. The highest BCUT2D eigenvalue weighted by Crippen LogP contribution is 2.49. The van der Waals surface area contributed by atoms with Crippen molar-refractivity contribution in [3.8, 4) is 5.75 Å². The molecule has 1 fully saturated rings. The van der Waals surface area contributed by atoms with Crippen LogP contribution in [0.4, 0.5) is 0 Å². The van der Waals surface area contributed by atoms with Crippen LogP contribution in [0.1, 0.15) is 33.1 Å².